The van der Waals surface area contributed by atoms with Gasteiger partial charge in [0.1, 0.15) is 5.75 Å². The zero-order valence-electron chi connectivity index (χ0n) is 14.0. The molecule has 0 aliphatic rings. The minimum absolute atomic E-state index is 0.295. The second-order valence-electron chi connectivity index (χ2n) is 5.36. The Morgan fingerprint density at radius 1 is 1.12 bits per heavy atom. The van der Waals surface area contributed by atoms with E-state index >= 15 is 0 Å². The molecule has 2 aromatic rings. The zero-order valence-corrected chi connectivity index (χ0v) is 14.0. The molecule has 5 heteroatoms. The summed E-state index contributed by atoms with van der Waals surface area (Å²) in [6, 6.07) is 14.1. The van der Waals surface area contributed by atoms with Crippen LogP contribution in [0.5, 0.6) is 5.75 Å². The van der Waals surface area contributed by atoms with Gasteiger partial charge in [0.05, 0.1) is 12.2 Å². The van der Waals surface area contributed by atoms with Gasteiger partial charge in [-0.1, -0.05) is 23.8 Å². The average molecular weight is 327 g/mol. The first-order valence-corrected chi connectivity index (χ1v) is 7.81. The number of aryl methyl sites for hydroxylation is 1. The van der Waals surface area contributed by atoms with Crippen molar-refractivity contribution >= 4 is 17.6 Å². The van der Waals surface area contributed by atoms with E-state index in [1.165, 1.54) is 0 Å². The minimum atomic E-state index is -0.668. The fraction of sp³-hybridized carbons (Fsp3) is 0.263. The van der Waals surface area contributed by atoms with E-state index in [1.54, 1.807) is 38.1 Å². The van der Waals surface area contributed by atoms with E-state index in [0.717, 1.165) is 5.56 Å². The Hall–Kier alpha value is -2.82. The summed E-state index contributed by atoms with van der Waals surface area (Å²) >= 11 is 0. The summed E-state index contributed by atoms with van der Waals surface area (Å²) in [4.78, 5) is 24.0. The van der Waals surface area contributed by atoms with E-state index in [4.69, 9.17) is 9.47 Å². The Balaban J connectivity index is 1.99. The molecule has 0 radical (unpaired) electrons. The number of amides is 1. The zero-order chi connectivity index (χ0) is 17.5. The fourth-order valence-corrected chi connectivity index (χ4v) is 2.06. The molecule has 1 amide bonds. The summed E-state index contributed by atoms with van der Waals surface area (Å²) in [6.07, 6.45) is -0.668. The Labute approximate surface area is 141 Å². The summed E-state index contributed by atoms with van der Waals surface area (Å²) in [7, 11) is 0. The highest BCUT2D eigenvalue weighted by atomic mass is 16.5. The van der Waals surface area contributed by atoms with Crippen molar-refractivity contribution in [3.05, 3.63) is 59.7 Å². The van der Waals surface area contributed by atoms with E-state index in [0.29, 0.717) is 23.6 Å². The minimum Gasteiger partial charge on any atom is -0.481 e. The maximum Gasteiger partial charge on any atom is 0.338 e. The van der Waals surface area contributed by atoms with Gasteiger partial charge < -0.3 is 14.8 Å². The van der Waals surface area contributed by atoms with Gasteiger partial charge in [-0.2, -0.15) is 0 Å². The first-order chi connectivity index (χ1) is 11.5. The van der Waals surface area contributed by atoms with E-state index in [-0.39, 0.29) is 5.91 Å². The van der Waals surface area contributed by atoms with Crippen molar-refractivity contribution < 1.29 is 19.1 Å². The number of rotatable bonds is 6. The molecule has 1 atom stereocenters. The summed E-state index contributed by atoms with van der Waals surface area (Å²) in [5.74, 6) is -0.0855. The van der Waals surface area contributed by atoms with Crippen LogP contribution in [0.2, 0.25) is 0 Å². The van der Waals surface area contributed by atoms with Gasteiger partial charge >= 0.3 is 5.97 Å². The lowest BCUT2D eigenvalue weighted by molar-refractivity contribution is -0.122. The quantitative estimate of drug-likeness (QED) is 0.824. The highest BCUT2D eigenvalue weighted by molar-refractivity contribution is 5.96. The lowest BCUT2D eigenvalue weighted by atomic mass is 10.2. The molecule has 0 bridgehead atoms. The summed E-state index contributed by atoms with van der Waals surface area (Å²) in [5, 5.41) is 2.74. The van der Waals surface area contributed by atoms with Crippen molar-refractivity contribution in [3.8, 4) is 5.75 Å². The molecule has 126 valence electrons. The molecule has 0 aromatic heterocycles. The summed E-state index contributed by atoms with van der Waals surface area (Å²) < 4.78 is 10.6. The molecule has 0 saturated heterocycles. The SMILES string of the molecule is CCOC(=O)c1cccc(NC(=O)[C@H](C)Oc2ccc(C)cc2)c1. The molecule has 0 fully saturated rings. The van der Waals surface area contributed by atoms with E-state index in [9.17, 15) is 9.59 Å². The smallest absolute Gasteiger partial charge is 0.338 e. The topological polar surface area (TPSA) is 64.6 Å². The number of benzene rings is 2. The molecular formula is C19H21NO4. The Bertz CT molecular complexity index is 710. The second kappa shape index (κ2) is 8.15. The van der Waals surface area contributed by atoms with Crippen LogP contribution in [-0.4, -0.2) is 24.6 Å². The first kappa shape index (κ1) is 17.5. The largest absolute Gasteiger partial charge is 0.481 e. The predicted molar refractivity (Wildman–Crippen MR) is 92.3 cm³/mol. The van der Waals surface area contributed by atoms with Gasteiger partial charge in [0, 0.05) is 5.69 Å². The number of carbonyl (C=O) groups is 2. The molecule has 2 rings (SSSR count). The number of hydrogen-bond donors (Lipinski definition) is 1. The molecule has 0 aliphatic carbocycles. The van der Waals surface area contributed by atoms with Crippen LogP contribution in [0.15, 0.2) is 48.5 Å². The maximum atomic E-state index is 12.2. The van der Waals surface area contributed by atoms with Crippen LogP contribution in [0.4, 0.5) is 5.69 Å². The standard InChI is InChI=1S/C19H21NO4/c1-4-23-19(22)15-6-5-7-16(12-15)20-18(21)14(3)24-17-10-8-13(2)9-11-17/h5-12,14H,4H2,1-3H3,(H,20,21)/t14-/m0/s1. The van der Waals surface area contributed by atoms with Crippen LogP contribution < -0.4 is 10.1 Å². The van der Waals surface area contributed by atoms with E-state index in [1.807, 2.05) is 31.2 Å². The van der Waals surface area contributed by atoms with Crippen molar-refractivity contribution in [2.24, 2.45) is 0 Å². The number of ether oxygens (including phenoxy) is 2. The average Bonchev–Trinajstić information content (AvgIpc) is 2.57. The predicted octanol–water partition coefficient (Wildman–Crippen LogP) is 3.58. The highest BCUT2D eigenvalue weighted by Gasteiger charge is 2.16. The lowest BCUT2D eigenvalue weighted by Crippen LogP contribution is -2.30. The van der Waals surface area contributed by atoms with Crippen LogP contribution in [-0.2, 0) is 9.53 Å². The molecule has 1 N–H and O–H groups in total. The van der Waals surface area contributed by atoms with Gasteiger partial charge in [-0.3, -0.25) is 4.79 Å². The number of esters is 1. The molecule has 24 heavy (non-hydrogen) atoms. The van der Waals surface area contributed by atoms with Crippen LogP contribution in [0.3, 0.4) is 0 Å². The van der Waals surface area contributed by atoms with Gasteiger partial charge in [-0.15, -0.1) is 0 Å². The summed E-state index contributed by atoms with van der Waals surface area (Å²) in [6.45, 7) is 5.70. The molecular weight excluding hydrogens is 306 g/mol. The Morgan fingerprint density at radius 2 is 1.83 bits per heavy atom. The van der Waals surface area contributed by atoms with Gasteiger partial charge in [0.2, 0.25) is 0 Å². The molecule has 0 aliphatic heterocycles. The highest BCUT2D eigenvalue weighted by Crippen LogP contribution is 2.15. The third-order valence-corrected chi connectivity index (χ3v) is 3.34. The number of anilines is 1. The van der Waals surface area contributed by atoms with E-state index in [2.05, 4.69) is 5.32 Å². The van der Waals surface area contributed by atoms with Crippen molar-refractivity contribution in [1.29, 1.82) is 0 Å². The van der Waals surface area contributed by atoms with Crippen LogP contribution >= 0.6 is 0 Å². The molecule has 0 unspecified atom stereocenters. The molecule has 2 aromatic carbocycles. The third kappa shape index (κ3) is 4.84. The summed E-state index contributed by atoms with van der Waals surface area (Å²) in [5.41, 5.74) is 2.03. The third-order valence-electron chi connectivity index (χ3n) is 3.34. The first-order valence-electron chi connectivity index (χ1n) is 7.81. The van der Waals surface area contributed by atoms with Crippen molar-refractivity contribution in [2.75, 3.05) is 11.9 Å². The normalized spacial score (nSPS) is 11.5. The molecule has 0 spiro atoms. The van der Waals surface area contributed by atoms with Crippen molar-refractivity contribution in [3.63, 3.8) is 0 Å². The molecule has 5 nitrogen and oxygen atoms in total. The number of nitrogens with one attached hydrogen (secondary N) is 1. The van der Waals surface area contributed by atoms with Gasteiger partial charge in [0.25, 0.3) is 5.91 Å². The molecule has 0 saturated carbocycles. The van der Waals surface area contributed by atoms with Crippen LogP contribution in [0, 0.1) is 6.92 Å². The van der Waals surface area contributed by atoms with Crippen molar-refractivity contribution in [2.45, 2.75) is 26.9 Å². The van der Waals surface area contributed by atoms with Crippen molar-refractivity contribution in [1.82, 2.24) is 0 Å². The maximum absolute atomic E-state index is 12.2. The van der Waals surface area contributed by atoms with E-state index < -0.39 is 12.1 Å². The van der Waals surface area contributed by atoms with Crippen LogP contribution in [0.25, 0.3) is 0 Å². The molecule has 0 heterocycles. The van der Waals surface area contributed by atoms with Crippen LogP contribution in [0.1, 0.15) is 29.8 Å². The fourth-order valence-electron chi connectivity index (χ4n) is 2.06. The van der Waals surface area contributed by atoms with Gasteiger partial charge in [0.15, 0.2) is 6.10 Å². The Kier molecular flexibility index (Phi) is 5.95. The Morgan fingerprint density at radius 3 is 2.50 bits per heavy atom. The monoisotopic (exact) mass is 327 g/mol. The van der Waals surface area contributed by atoms with Gasteiger partial charge in [-0.05, 0) is 51.1 Å². The lowest BCUT2D eigenvalue weighted by Gasteiger charge is -2.15. The number of carbonyl (C=O) groups excluding carboxylic acids is 2. The number of hydrogen-bond acceptors (Lipinski definition) is 4. The second-order valence-corrected chi connectivity index (χ2v) is 5.36. The van der Waals surface area contributed by atoms with Gasteiger partial charge in [-0.25, -0.2) is 4.79 Å².